The van der Waals surface area contributed by atoms with Gasteiger partial charge in [0.1, 0.15) is 5.75 Å². The Bertz CT molecular complexity index is 849. The summed E-state index contributed by atoms with van der Waals surface area (Å²) in [6.07, 6.45) is 1.40. The number of anilines is 1. The lowest BCUT2D eigenvalue weighted by molar-refractivity contribution is -0.139. The molecule has 0 bridgehead atoms. The van der Waals surface area contributed by atoms with E-state index >= 15 is 0 Å². The summed E-state index contributed by atoms with van der Waals surface area (Å²) in [7, 11) is 0. The van der Waals surface area contributed by atoms with Gasteiger partial charge in [0.05, 0.1) is 6.21 Å². The molecule has 2 aromatic rings. The molecule has 0 radical (unpaired) electrons. The maximum Gasteiger partial charge on any atom is 0.329 e. The van der Waals surface area contributed by atoms with Crippen LogP contribution < -0.4 is 20.8 Å². The average Bonchev–Trinajstić information content (AvgIpc) is 2.72. The summed E-state index contributed by atoms with van der Waals surface area (Å²) in [5.41, 5.74) is 3.56. The van der Waals surface area contributed by atoms with Crippen molar-refractivity contribution in [2.45, 2.75) is 13.8 Å². The van der Waals surface area contributed by atoms with Crippen LogP contribution in [-0.2, 0) is 14.4 Å². The molecule has 8 heteroatoms. The molecule has 8 nitrogen and oxygen atoms in total. The first-order valence-corrected chi connectivity index (χ1v) is 9.13. The van der Waals surface area contributed by atoms with Crippen LogP contribution in [0.3, 0.4) is 0 Å². The summed E-state index contributed by atoms with van der Waals surface area (Å²) in [6, 6.07) is 15.9. The SMILES string of the molecule is CC(C)CNC(=O)C(=O)N/N=C\c1ccc(OCC(=O)Nc2ccccc2)cc1. The van der Waals surface area contributed by atoms with Crippen molar-refractivity contribution < 1.29 is 19.1 Å². The normalized spacial score (nSPS) is 10.6. The molecule has 0 spiro atoms. The second-order valence-corrected chi connectivity index (χ2v) is 6.57. The van der Waals surface area contributed by atoms with Crippen LogP contribution in [0.1, 0.15) is 19.4 Å². The molecule has 0 saturated heterocycles. The molecule has 0 aliphatic carbocycles. The van der Waals surface area contributed by atoms with E-state index in [1.54, 1.807) is 36.4 Å². The van der Waals surface area contributed by atoms with Gasteiger partial charge in [-0.3, -0.25) is 14.4 Å². The molecule has 2 aromatic carbocycles. The highest BCUT2D eigenvalue weighted by Crippen LogP contribution is 2.11. The maximum absolute atomic E-state index is 11.9. The number of carbonyl (C=O) groups is 3. The van der Waals surface area contributed by atoms with Crippen LogP contribution >= 0.6 is 0 Å². The van der Waals surface area contributed by atoms with Crippen molar-refractivity contribution in [2.75, 3.05) is 18.5 Å². The Kier molecular flexibility index (Phi) is 8.37. The molecule has 0 fully saturated rings. The van der Waals surface area contributed by atoms with E-state index in [1.165, 1.54) is 6.21 Å². The van der Waals surface area contributed by atoms with E-state index in [-0.39, 0.29) is 18.4 Å². The van der Waals surface area contributed by atoms with E-state index < -0.39 is 11.8 Å². The summed E-state index contributed by atoms with van der Waals surface area (Å²) >= 11 is 0. The van der Waals surface area contributed by atoms with E-state index in [0.717, 1.165) is 0 Å². The Balaban J connectivity index is 1.75. The first-order valence-electron chi connectivity index (χ1n) is 9.13. The minimum atomic E-state index is -0.828. The second-order valence-electron chi connectivity index (χ2n) is 6.57. The first kappa shape index (κ1) is 21.6. The number of hydrogen-bond donors (Lipinski definition) is 3. The van der Waals surface area contributed by atoms with Crippen LogP contribution in [0.2, 0.25) is 0 Å². The largest absolute Gasteiger partial charge is 0.484 e. The van der Waals surface area contributed by atoms with Gasteiger partial charge in [-0.1, -0.05) is 32.0 Å². The summed E-state index contributed by atoms with van der Waals surface area (Å²) in [6.45, 7) is 4.16. The number of hydrogen-bond acceptors (Lipinski definition) is 5. The zero-order valence-electron chi connectivity index (χ0n) is 16.3. The number of rotatable bonds is 8. The smallest absolute Gasteiger partial charge is 0.329 e. The van der Waals surface area contributed by atoms with E-state index in [2.05, 4.69) is 21.2 Å². The van der Waals surface area contributed by atoms with E-state index in [1.807, 2.05) is 32.0 Å². The number of para-hydroxylation sites is 1. The topological polar surface area (TPSA) is 109 Å². The van der Waals surface area contributed by atoms with Crippen molar-refractivity contribution in [3.05, 3.63) is 60.2 Å². The van der Waals surface area contributed by atoms with Crippen molar-refractivity contribution in [1.82, 2.24) is 10.7 Å². The Morgan fingerprint density at radius 2 is 1.69 bits per heavy atom. The van der Waals surface area contributed by atoms with Crippen molar-refractivity contribution in [3.63, 3.8) is 0 Å². The maximum atomic E-state index is 11.9. The van der Waals surface area contributed by atoms with Crippen molar-refractivity contribution in [3.8, 4) is 5.75 Å². The van der Waals surface area contributed by atoms with Gasteiger partial charge in [-0.05, 0) is 47.9 Å². The summed E-state index contributed by atoms with van der Waals surface area (Å²) in [5.74, 6) is -1.05. The van der Waals surface area contributed by atoms with Crippen LogP contribution in [0.15, 0.2) is 59.7 Å². The predicted octanol–water partition coefficient (Wildman–Crippen LogP) is 1.93. The summed E-state index contributed by atoms with van der Waals surface area (Å²) in [4.78, 5) is 35.0. The zero-order valence-corrected chi connectivity index (χ0v) is 16.3. The first-order chi connectivity index (χ1) is 13.9. The molecule has 3 amide bonds. The molecule has 29 heavy (non-hydrogen) atoms. The van der Waals surface area contributed by atoms with Gasteiger partial charge < -0.3 is 15.4 Å². The zero-order chi connectivity index (χ0) is 21.1. The van der Waals surface area contributed by atoms with Crippen molar-refractivity contribution in [1.29, 1.82) is 0 Å². The highest BCUT2D eigenvalue weighted by atomic mass is 16.5. The van der Waals surface area contributed by atoms with Gasteiger partial charge in [0.25, 0.3) is 5.91 Å². The third-order valence-electron chi connectivity index (χ3n) is 3.56. The fraction of sp³-hybridized carbons (Fsp3) is 0.238. The van der Waals surface area contributed by atoms with E-state index in [4.69, 9.17) is 4.74 Å². The monoisotopic (exact) mass is 396 g/mol. The number of carbonyl (C=O) groups excluding carboxylic acids is 3. The Morgan fingerprint density at radius 3 is 2.34 bits per heavy atom. The number of benzene rings is 2. The molecule has 3 N–H and O–H groups in total. The van der Waals surface area contributed by atoms with Gasteiger partial charge in [0.15, 0.2) is 6.61 Å². The number of ether oxygens (including phenoxy) is 1. The molecule has 0 aliphatic rings. The highest BCUT2D eigenvalue weighted by Gasteiger charge is 2.12. The van der Waals surface area contributed by atoms with Gasteiger partial charge in [0, 0.05) is 12.2 Å². The Morgan fingerprint density at radius 1 is 1.00 bits per heavy atom. The summed E-state index contributed by atoms with van der Waals surface area (Å²) in [5, 5.41) is 8.98. The van der Waals surface area contributed by atoms with Gasteiger partial charge in [0.2, 0.25) is 0 Å². The standard InChI is InChI=1S/C21H24N4O4/c1-15(2)12-22-20(27)21(28)25-23-13-16-8-10-18(11-9-16)29-14-19(26)24-17-6-4-3-5-7-17/h3-11,13,15H,12,14H2,1-2H3,(H,22,27)(H,24,26)(H,25,28)/b23-13-. The van der Waals surface area contributed by atoms with Crippen LogP contribution in [0.25, 0.3) is 0 Å². The number of amides is 3. The highest BCUT2D eigenvalue weighted by molar-refractivity contribution is 6.35. The number of nitrogens with one attached hydrogen (secondary N) is 3. The summed E-state index contributed by atoms with van der Waals surface area (Å²) < 4.78 is 5.44. The quantitative estimate of drug-likeness (QED) is 0.360. The van der Waals surface area contributed by atoms with Gasteiger partial charge in [-0.15, -0.1) is 0 Å². The minimum Gasteiger partial charge on any atom is -0.484 e. The van der Waals surface area contributed by atoms with E-state index in [0.29, 0.717) is 23.5 Å². The predicted molar refractivity (Wildman–Crippen MR) is 111 cm³/mol. The minimum absolute atomic E-state index is 0.121. The lowest BCUT2D eigenvalue weighted by atomic mass is 10.2. The van der Waals surface area contributed by atoms with Crippen LogP contribution in [0.4, 0.5) is 5.69 Å². The average molecular weight is 396 g/mol. The third-order valence-corrected chi connectivity index (χ3v) is 3.56. The number of hydrazone groups is 1. The van der Waals surface area contributed by atoms with E-state index in [9.17, 15) is 14.4 Å². The Hall–Kier alpha value is -3.68. The van der Waals surface area contributed by atoms with Gasteiger partial charge >= 0.3 is 11.8 Å². The molecular formula is C21H24N4O4. The molecule has 0 unspecified atom stereocenters. The van der Waals surface area contributed by atoms with Crippen LogP contribution in [-0.4, -0.2) is 37.1 Å². The lowest BCUT2D eigenvalue weighted by Gasteiger charge is -2.07. The van der Waals surface area contributed by atoms with Crippen LogP contribution in [0, 0.1) is 5.92 Å². The molecule has 0 aromatic heterocycles. The second kappa shape index (κ2) is 11.2. The molecular weight excluding hydrogens is 372 g/mol. The molecule has 2 rings (SSSR count). The molecule has 0 aliphatic heterocycles. The van der Waals surface area contributed by atoms with Crippen molar-refractivity contribution >= 4 is 29.6 Å². The lowest BCUT2D eigenvalue weighted by Crippen LogP contribution is -2.39. The fourth-order valence-electron chi connectivity index (χ4n) is 2.11. The van der Waals surface area contributed by atoms with Gasteiger partial charge in [-0.25, -0.2) is 5.43 Å². The Labute approximate surface area is 169 Å². The number of nitrogens with zero attached hydrogens (tertiary/aromatic N) is 1. The molecule has 0 saturated carbocycles. The van der Waals surface area contributed by atoms with Crippen molar-refractivity contribution in [2.24, 2.45) is 11.0 Å². The molecule has 0 heterocycles. The van der Waals surface area contributed by atoms with Gasteiger partial charge in [-0.2, -0.15) is 5.10 Å². The molecule has 0 atom stereocenters. The molecule has 152 valence electrons. The third kappa shape index (κ3) is 8.25. The van der Waals surface area contributed by atoms with Crippen LogP contribution in [0.5, 0.6) is 5.75 Å². The fourth-order valence-corrected chi connectivity index (χ4v) is 2.11.